The first-order valence-electron chi connectivity index (χ1n) is 14.2. The minimum Gasteiger partial charge on any atom is -0.235 e. The third kappa shape index (κ3) is 4.76. The van der Waals surface area contributed by atoms with Crippen LogP contribution in [-0.2, 0) is 0 Å². The normalized spacial score (nSPS) is 11.3. The van der Waals surface area contributed by atoms with Crippen LogP contribution in [0, 0.1) is 0 Å². The van der Waals surface area contributed by atoms with Crippen LogP contribution in [0.5, 0.6) is 0 Å². The molecule has 2 heterocycles. The summed E-state index contributed by atoms with van der Waals surface area (Å²) in [5.74, 6) is 1.93. The Morgan fingerprint density at radius 3 is 1.56 bits per heavy atom. The van der Waals surface area contributed by atoms with E-state index in [1.54, 1.807) is 11.3 Å². The molecule has 202 valence electrons. The summed E-state index contributed by atoms with van der Waals surface area (Å²) >= 11 is 1.74. The number of fused-ring (bicyclic) bond motifs is 3. The topological polar surface area (TPSA) is 51.6 Å². The Balaban J connectivity index is 1.32. The molecule has 8 rings (SSSR count). The van der Waals surface area contributed by atoms with Gasteiger partial charge in [0, 0.05) is 33.2 Å². The van der Waals surface area contributed by atoms with Crippen LogP contribution in [0.15, 0.2) is 146 Å². The largest absolute Gasteiger partial charge is 0.235 e. The number of rotatable bonds is 5. The summed E-state index contributed by atoms with van der Waals surface area (Å²) < 4.78 is 1.19. The lowest BCUT2D eigenvalue weighted by Crippen LogP contribution is -2.00. The van der Waals surface area contributed by atoms with Crippen LogP contribution >= 0.6 is 11.3 Å². The lowest BCUT2D eigenvalue weighted by atomic mass is 9.98. The Labute approximate surface area is 253 Å². The fraction of sp³-hybridized carbons (Fsp3) is 0. The molecular weight excluding hydrogens is 545 g/mol. The molecule has 0 aliphatic heterocycles. The Hall–Kier alpha value is -5.52. The molecule has 0 fully saturated rings. The van der Waals surface area contributed by atoms with E-state index < -0.39 is 0 Å². The first kappa shape index (κ1) is 25.2. The number of benzene rings is 6. The summed E-state index contributed by atoms with van der Waals surface area (Å²) in [6.07, 6.45) is 0. The number of nitrogens with zero attached hydrogens (tertiary/aromatic N) is 4. The molecule has 0 spiro atoms. The predicted molar refractivity (Wildman–Crippen MR) is 178 cm³/mol. The van der Waals surface area contributed by atoms with Crippen molar-refractivity contribution in [3.63, 3.8) is 0 Å². The first-order valence-corrected chi connectivity index (χ1v) is 15.0. The molecule has 0 aliphatic carbocycles. The maximum Gasteiger partial charge on any atom is 0.164 e. The molecule has 6 aromatic carbocycles. The molecule has 0 saturated carbocycles. The molecule has 0 radical (unpaired) electrons. The number of hydrogen-bond acceptors (Lipinski definition) is 5. The molecule has 0 bridgehead atoms. The van der Waals surface area contributed by atoms with E-state index in [-0.39, 0.29) is 0 Å². The highest BCUT2D eigenvalue weighted by atomic mass is 32.1. The molecule has 0 N–H and O–H groups in total. The van der Waals surface area contributed by atoms with E-state index in [9.17, 15) is 0 Å². The van der Waals surface area contributed by atoms with Crippen molar-refractivity contribution in [3.05, 3.63) is 146 Å². The molecule has 0 aliphatic rings. The van der Waals surface area contributed by atoms with Crippen molar-refractivity contribution in [1.82, 2.24) is 19.9 Å². The van der Waals surface area contributed by atoms with Crippen LogP contribution in [0.2, 0.25) is 0 Å². The molecule has 0 saturated heterocycles. The first-order chi connectivity index (χ1) is 21.3. The average molecular weight is 569 g/mol. The predicted octanol–water partition coefficient (Wildman–Crippen LogP) is 9.97. The summed E-state index contributed by atoms with van der Waals surface area (Å²) in [7, 11) is 0. The highest BCUT2D eigenvalue weighted by molar-refractivity contribution is 7.22. The van der Waals surface area contributed by atoms with Crippen LogP contribution in [0.1, 0.15) is 0 Å². The fourth-order valence-corrected chi connectivity index (χ4v) is 6.56. The SMILES string of the molecule is c1ccc(-c2nc(-c3ccccc3)nc(-c3cccc(-c4cc5ccccc5c5sc(-c6ccccc6)nc45)c3)n2)cc1. The minimum absolute atomic E-state index is 0.634. The van der Waals surface area contributed by atoms with Gasteiger partial charge < -0.3 is 0 Å². The van der Waals surface area contributed by atoms with Crippen molar-refractivity contribution in [2.45, 2.75) is 0 Å². The number of aromatic nitrogens is 4. The second-order valence-electron chi connectivity index (χ2n) is 10.3. The molecular formula is C38H24N4S. The summed E-state index contributed by atoms with van der Waals surface area (Å²) in [5.41, 5.74) is 7.12. The zero-order valence-corrected chi connectivity index (χ0v) is 23.9. The van der Waals surface area contributed by atoms with Crippen molar-refractivity contribution < 1.29 is 0 Å². The van der Waals surface area contributed by atoms with Crippen LogP contribution in [0.3, 0.4) is 0 Å². The maximum absolute atomic E-state index is 5.20. The summed E-state index contributed by atoms with van der Waals surface area (Å²) in [6.45, 7) is 0. The highest BCUT2D eigenvalue weighted by Gasteiger charge is 2.17. The number of thiazole rings is 1. The van der Waals surface area contributed by atoms with Crippen molar-refractivity contribution in [3.8, 4) is 55.9 Å². The molecule has 0 atom stereocenters. The third-order valence-electron chi connectivity index (χ3n) is 7.54. The van der Waals surface area contributed by atoms with Gasteiger partial charge in [-0.15, -0.1) is 11.3 Å². The van der Waals surface area contributed by atoms with Gasteiger partial charge in [-0.05, 0) is 23.1 Å². The van der Waals surface area contributed by atoms with Crippen molar-refractivity contribution in [2.24, 2.45) is 0 Å². The Morgan fingerprint density at radius 1 is 0.395 bits per heavy atom. The van der Waals surface area contributed by atoms with Gasteiger partial charge in [0.1, 0.15) is 5.01 Å². The molecule has 5 heteroatoms. The van der Waals surface area contributed by atoms with Crippen molar-refractivity contribution in [2.75, 3.05) is 0 Å². The van der Waals surface area contributed by atoms with Gasteiger partial charge in [-0.25, -0.2) is 19.9 Å². The second-order valence-corrected chi connectivity index (χ2v) is 11.3. The van der Waals surface area contributed by atoms with Gasteiger partial charge in [0.15, 0.2) is 17.5 Å². The van der Waals surface area contributed by atoms with E-state index in [4.69, 9.17) is 19.9 Å². The zero-order valence-electron chi connectivity index (χ0n) is 23.1. The highest BCUT2D eigenvalue weighted by Crippen LogP contribution is 2.41. The van der Waals surface area contributed by atoms with E-state index in [0.717, 1.165) is 43.9 Å². The maximum atomic E-state index is 5.20. The molecule has 2 aromatic heterocycles. The van der Waals surface area contributed by atoms with Crippen LogP contribution in [-0.4, -0.2) is 19.9 Å². The summed E-state index contributed by atoms with van der Waals surface area (Å²) in [4.78, 5) is 20.0. The van der Waals surface area contributed by atoms with E-state index in [2.05, 4.69) is 78.9 Å². The van der Waals surface area contributed by atoms with Crippen molar-refractivity contribution >= 4 is 32.3 Å². The summed E-state index contributed by atoms with van der Waals surface area (Å²) in [6, 6.07) is 49.8. The minimum atomic E-state index is 0.634. The molecule has 8 aromatic rings. The summed E-state index contributed by atoms with van der Waals surface area (Å²) in [5, 5.41) is 3.42. The monoisotopic (exact) mass is 568 g/mol. The van der Waals surface area contributed by atoms with Gasteiger partial charge in [-0.2, -0.15) is 0 Å². The van der Waals surface area contributed by atoms with E-state index in [0.29, 0.717) is 17.5 Å². The standard InChI is InChI=1S/C38H24N4S/c1-4-13-25(14-5-1)35-40-36(26-15-6-2-7-16-26)42-37(41-35)30-21-12-20-28(23-30)32-24-29-19-10-11-22-31(29)34-33(32)39-38(43-34)27-17-8-3-9-18-27/h1-24H. The molecule has 0 amide bonds. The third-order valence-corrected chi connectivity index (χ3v) is 8.68. The van der Waals surface area contributed by atoms with Gasteiger partial charge in [0.2, 0.25) is 0 Å². The number of hydrogen-bond donors (Lipinski definition) is 0. The Bertz CT molecular complexity index is 2170. The van der Waals surface area contributed by atoms with Crippen LogP contribution < -0.4 is 0 Å². The van der Waals surface area contributed by atoms with E-state index >= 15 is 0 Å². The van der Waals surface area contributed by atoms with E-state index in [1.165, 1.54) is 15.5 Å². The Morgan fingerprint density at radius 2 is 0.907 bits per heavy atom. The lowest BCUT2D eigenvalue weighted by molar-refractivity contribution is 1.07. The van der Waals surface area contributed by atoms with Crippen LogP contribution in [0.4, 0.5) is 0 Å². The lowest BCUT2D eigenvalue weighted by Gasteiger charge is -2.10. The van der Waals surface area contributed by atoms with E-state index in [1.807, 2.05) is 66.7 Å². The van der Waals surface area contributed by atoms with Crippen LogP contribution in [0.25, 0.3) is 76.9 Å². The Kier molecular flexibility index (Phi) is 6.28. The molecule has 0 unspecified atom stereocenters. The van der Waals surface area contributed by atoms with Gasteiger partial charge in [0.05, 0.1) is 10.2 Å². The van der Waals surface area contributed by atoms with Gasteiger partial charge in [-0.3, -0.25) is 0 Å². The van der Waals surface area contributed by atoms with Crippen molar-refractivity contribution in [1.29, 1.82) is 0 Å². The zero-order chi connectivity index (χ0) is 28.6. The molecule has 43 heavy (non-hydrogen) atoms. The second kappa shape index (κ2) is 10.7. The van der Waals surface area contributed by atoms with Gasteiger partial charge >= 0.3 is 0 Å². The smallest absolute Gasteiger partial charge is 0.164 e. The quantitative estimate of drug-likeness (QED) is 0.207. The van der Waals surface area contributed by atoms with Gasteiger partial charge in [-0.1, -0.05) is 133 Å². The fourth-order valence-electron chi connectivity index (χ4n) is 5.43. The average Bonchev–Trinajstić information content (AvgIpc) is 3.55. The molecule has 4 nitrogen and oxygen atoms in total. The van der Waals surface area contributed by atoms with Gasteiger partial charge in [0.25, 0.3) is 0 Å².